The number of rotatable bonds is 2. The fraction of sp³-hybridized carbons (Fsp3) is 0.312. The Hall–Kier alpha value is -2.23. The molecular weight excluding hydrogens is 250 g/mol. The van der Waals surface area contributed by atoms with E-state index in [4.69, 9.17) is 10.5 Å². The van der Waals surface area contributed by atoms with Crippen LogP contribution >= 0.6 is 0 Å². The summed E-state index contributed by atoms with van der Waals surface area (Å²) in [4.78, 5) is 6.77. The molecule has 0 fully saturated rings. The lowest BCUT2D eigenvalue weighted by Crippen LogP contribution is -2.31. The number of pyridine rings is 1. The maximum absolute atomic E-state index is 5.85. The van der Waals surface area contributed by atoms with E-state index in [1.807, 2.05) is 12.1 Å². The molecule has 1 aromatic heterocycles. The van der Waals surface area contributed by atoms with Crippen molar-refractivity contribution in [1.29, 1.82) is 0 Å². The van der Waals surface area contributed by atoms with E-state index in [1.165, 1.54) is 11.3 Å². The maximum Gasteiger partial charge on any atom is 0.238 e. The molecule has 0 saturated heterocycles. The summed E-state index contributed by atoms with van der Waals surface area (Å²) in [6, 6.07) is 12.3. The van der Waals surface area contributed by atoms with Crippen LogP contribution in [0.2, 0.25) is 0 Å². The average molecular weight is 269 g/mol. The van der Waals surface area contributed by atoms with Crippen molar-refractivity contribution in [3.63, 3.8) is 0 Å². The third-order valence-electron chi connectivity index (χ3n) is 3.69. The van der Waals surface area contributed by atoms with Gasteiger partial charge in [0.15, 0.2) is 0 Å². The molecule has 1 aliphatic heterocycles. The van der Waals surface area contributed by atoms with Crippen molar-refractivity contribution in [3.05, 3.63) is 42.0 Å². The zero-order valence-electron chi connectivity index (χ0n) is 11.8. The van der Waals surface area contributed by atoms with Gasteiger partial charge in [0.05, 0.1) is 12.8 Å². The lowest BCUT2D eigenvalue weighted by molar-refractivity contribution is 0.400. The predicted molar refractivity (Wildman–Crippen MR) is 81.5 cm³/mol. The summed E-state index contributed by atoms with van der Waals surface area (Å²) < 4.78 is 5.23. The number of nitrogens with zero attached hydrogens (tertiary/aromatic N) is 2. The van der Waals surface area contributed by atoms with Crippen molar-refractivity contribution in [3.8, 4) is 5.88 Å². The van der Waals surface area contributed by atoms with E-state index in [0.717, 1.165) is 18.8 Å². The van der Waals surface area contributed by atoms with Crippen molar-refractivity contribution in [2.24, 2.45) is 5.92 Å². The van der Waals surface area contributed by atoms with E-state index < -0.39 is 0 Å². The molecule has 2 aromatic rings. The molecule has 1 atom stereocenters. The largest absolute Gasteiger partial charge is 0.479 e. The van der Waals surface area contributed by atoms with Gasteiger partial charge in [0.2, 0.25) is 5.88 Å². The minimum absolute atomic E-state index is 0.484. The minimum Gasteiger partial charge on any atom is -0.479 e. The molecule has 1 unspecified atom stereocenters. The molecule has 3 rings (SSSR count). The van der Waals surface area contributed by atoms with Gasteiger partial charge in [0, 0.05) is 12.2 Å². The molecule has 2 heterocycles. The van der Waals surface area contributed by atoms with E-state index in [2.05, 4.69) is 41.1 Å². The normalized spacial score (nSPS) is 17.7. The van der Waals surface area contributed by atoms with Crippen LogP contribution in [0.15, 0.2) is 36.4 Å². The Kier molecular flexibility index (Phi) is 3.22. The number of benzene rings is 1. The highest BCUT2D eigenvalue weighted by Crippen LogP contribution is 2.35. The molecule has 0 saturated carbocycles. The van der Waals surface area contributed by atoms with Gasteiger partial charge in [-0.25, -0.2) is 0 Å². The molecule has 0 amide bonds. The number of fused-ring (bicyclic) bond motifs is 1. The smallest absolute Gasteiger partial charge is 0.238 e. The fourth-order valence-electron chi connectivity index (χ4n) is 2.77. The van der Waals surface area contributed by atoms with Gasteiger partial charge < -0.3 is 15.4 Å². The summed E-state index contributed by atoms with van der Waals surface area (Å²) >= 11 is 0. The van der Waals surface area contributed by atoms with Crippen molar-refractivity contribution in [2.75, 3.05) is 24.3 Å². The molecule has 0 aliphatic carbocycles. The molecule has 104 valence electrons. The number of para-hydroxylation sites is 1. The van der Waals surface area contributed by atoms with E-state index in [-0.39, 0.29) is 0 Å². The molecule has 20 heavy (non-hydrogen) atoms. The molecule has 1 aliphatic rings. The second-order valence-electron chi connectivity index (χ2n) is 5.32. The van der Waals surface area contributed by atoms with Crippen LogP contribution < -0.4 is 15.4 Å². The van der Waals surface area contributed by atoms with Crippen LogP contribution in [0.5, 0.6) is 5.88 Å². The summed E-state index contributed by atoms with van der Waals surface area (Å²) in [5, 5.41) is 0. The van der Waals surface area contributed by atoms with Gasteiger partial charge in [0.25, 0.3) is 0 Å². The van der Waals surface area contributed by atoms with Crippen LogP contribution in [0.4, 0.5) is 17.2 Å². The number of hydrogen-bond donors (Lipinski definition) is 1. The fourth-order valence-corrected chi connectivity index (χ4v) is 2.77. The molecular formula is C16H19N3O. The van der Waals surface area contributed by atoms with Gasteiger partial charge >= 0.3 is 0 Å². The van der Waals surface area contributed by atoms with E-state index >= 15 is 0 Å². The Morgan fingerprint density at radius 3 is 2.85 bits per heavy atom. The number of nitrogen functional groups attached to an aromatic ring is 1. The Balaban J connectivity index is 2.06. The standard InChI is InChI=1S/C16H19N3O/c1-11-9-12-5-3-4-6-14(12)19(10-11)15-8-7-13(17)16(18-15)20-2/h3-8,11H,9-10,17H2,1-2H3. The highest BCUT2D eigenvalue weighted by molar-refractivity contribution is 5.67. The third-order valence-corrected chi connectivity index (χ3v) is 3.69. The van der Waals surface area contributed by atoms with Gasteiger partial charge in [-0.3, -0.25) is 0 Å². The lowest BCUT2D eigenvalue weighted by atomic mass is 9.94. The first kappa shape index (κ1) is 12.8. The van der Waals surface area contributed by atoms with Crippen molar-refractivity contribution < 1.29 is 4.74 Å². The molecule has 4 nitrogen and oxygen atoms in total. The van der Waals surface area contributed by atoms with Gasteiger partial charge in [-0.2, -0.15) is 4.98 Å². The summed E-state index contributed by atoms with van der Waals surface area (Å²) in [5.41, 5.74) is 9.00. The SMILES string of the molecule is COc1nc(N2CC(C)Cc3ccccc32)ccc1N. The van der Waals surface area contributed by atoms with Crippen LogP contribution in [0.3, 0.4) is 0 Å². The number of ether oxygens (including phenoxy) is 1. The average Bonchev–Trinajstić information content (AvgIpc) is 2.47. The Morgan fingerprint density at radius 1 is 1.25 bits per heavy atom. The molecule has 2 N–H and O–H groups in total. The van der Waals surface area contributed by atoms with Crippen LogP contribution in [-0.4, -0.2) is 18.6 Å². The number of hydrogen-bond acceptors (Lipinski definition) is 4. The van der Waals surface area contributed by atoms with Crippen molar-refractivity contribution in [1.82, 2.24) is 4.98 Å². The summed E-state index contributed by atoms with van der Waals surface area (Å²) in [7, 11) is 1.59. The van der Waals surface area contributed by atoms with Crippen molar-refractivity contribution >= 4 is 17.2 Å². The van der Waals surface area contributed by atoms with Crippen molar-refractivity contribution in [2.45, 2.75) is 13.3 Å². The van der Waals surface area contributed by atoms with E-state index in [1.54, 1.807) is 7.11 Å². The first-order valence-electron chi connectivity index (χ1n) is 6.85. The highest BCUT2D eigenvalue weighted by Gasteiger charge is 2.23. The summed E-state index contributed by atoms with van der Waals surface area (Å²) in [6.07, 6.45) is 1.11. The predicted octanol–water partition coefficient (Wildman–Crippen LogP) is 3.00. The second-order valence-corrected chi connectivity index (χ2v) is 5.32. The number of aromatic nitrogens is 1. The summed E-state index contributed by atoms with van der Waals surface area (Å²) in [5.74, 6) is 1.96. The topological polar surface area (TPSA) is 51.4 Å². The molecule has 1 aromatic carbocycles. The minimum atomic E-state index is 0.484. The van der Waals surface area contributed by atoms with Gasteiger partial charge in [-0.1, -0.05) is 25.1 Å². The van der Waals surface area contributed by atoms with Gasteiger partial charge in [-0.05, 0) is 36.1 Å². The summed E-state index contributed by atoms with van der Waals surface area (Å²) in [6.45, 7) is 3.22. The maximum atomic E-state index is 5.85. The zero-order chi connectivity index (χ0) is 14.1. The molecule has 0 radical (unpaired) electrons. The van der Waals surface area contributed by atoms with Crippen LogP contribution in [0.1, 0.15) is 12.5 Å². The van der Waals surface area contributed by atoms with E-state index in [9.17, 15) is 0 Å². The van der Waals surface area contributed by atoms with Gasteiger partial charge in [-0.15, -0.1) is 0 Å². The number of nitrogens with two attached hydrogens (primary N) is 1. The van der Waals surface area contributed by atoms with Crippen LogP contribution in [0.25, 0.3) is 0 Å². The second kappa shape index (κ2) is 5.04. The Morgan fingerprint density at radius 2 is 2.05 bits per heavy atom. The lowest BCUT2D eigenvalue weighted by Gasteiger charge is -2.34. The monoisotopic (exact) mass is 269 g/mol. The van der Waals surface area contributed by atoms with Crippen LogP contribution in [0, 0.1) is 5.92 Å². The number of anilines is 3. The third kappa shape index (κ3) is 2.18. The molecule has 0 bridgehead atoms. The van der Waals surface area contributed by atoms with E-state index in [0.29, 0.717) is 17.5 Å². The quantitative estimate of drug-likeness (QED) is 0.910. The first-order valence-corrected chi connectivity index (χ1v) is 6.85. The first-order chi connectivity index (χ1) is 9.69. The molecule has 4 heteroatoms. The Labute approximate surface area is 119 Å². The highest BCUT2D eigenvalue weighted by atomic mass is 16.5. The number of methoxy groups -OCH3 is 1. The zero-order valence-corrected chi connectivity index (χ0v) is 11.8. The van der Waals surface area contributed by atoms with Crippen LogP contribution in [-0.2, 0) is 6.42 Å². The molecule has 0 spiro atoms. The van der Waals surface area contributed by atoms with Gasteiger partial charge in [0.1, 0.15) is 5.82 Å². The Bertz CT molecular complexity index is 627.